The molecule has 0 N–H and O–H groups in total. The Morgan fingerprint density at radius 2 is 1.91 bits per heavy atom. The van der Waals surface area contributed by atoms with Gasteiger partial charge in [0.25, 0.3) is 0 Å². The van der Waals surface area contributed by atoms with Crippen LogP contribution in [0.4, 0.5) is 8.78 Å². The molecule has 0 saturated heterocycles. The van der Waals surface area contributed by atoms with Crippen molar-refractivity contribution in [1.82, 2.24) is 4.98 Å². The van der Waals surface area contributed by atoms with Crippen molar-refractivity contribution in [3.8, 4) is 0 Å². The summed E-state index contributed by atoms with van der Waals surface area (Å²) in [5.41, 5.74) is 0.647. The predicted octanol–water partition coefficient (Wildman–Crippen LogP) is 2.50. The van der Waals surface area contributed by atoms with E-state index in [1.165, 1.54) is 19.4 Å². The van der Waals surface area contributed by atoms with Crippen molar-refractivity contribution in [3.05, 3.63) is 65.0 Å². The van der Waals surface area contributed by atoms with Crippen LogP contribution < -0.4 is 0 Å². The summed E-state index contributed by atoms with van der Waals surface area (Å²) in [4.78, 5) is 27.2. The van der Waals surface area contributed by atoms with Gasteiger partial charge in [-0.25, -0.2) is 18.6 Å². The number of nitrogens with zero attached hydrogens (tertiary/aromatic N) is 1. The Morgan fingerprint density at radius 3 is 2.64 bits per heavy atom. The van der Waals surface area contributed by atoms with Crippen molar-refractivity contribution in [2.24, 2.45) is 0 Å². The lowest BCUT2D eigenvalue weighted by Gasteiger charge is -2.05. The zero-order valence-corrected chi connectivity index (χ0v) is 11.8. The lowest BCUT2D eigenvalue weighted by molar-refractivity contribution is -0.117. The number of ketones is 1. The van der Waals surface area contributed by atoms with Crippen molar-refractivity contribution < 1.29 is 23.1 Å². The number of hydrogen-bond donors (Lipinski definition) is 0. The zero-order chi connectivity index (χ0) is 16.1. The monoisotopic (exact) mass is 305 g/mol. The number of Topliss-reactive ketones (excluding diaryl/α,β-unsaturated/α-hetero) is 1. The quantitative estimate of drug-likeness (QED) is 0.796. The van der Waals surface area contributed by atoms with Crippen LogP contribution in [0.5, 0.6) is 0 Å². The molecular weight excluding hydrogens is 292 g/mol. The van der Waals surface area contributed by atoms with Crippen LogP contribution in [-0.2, 0) is 22.4 Å². The molecular formula is C16H13F2NO3. The molecule has 0 spiro atoms. The lowest BCUT2D eigenvalue weighted by atomic mass is 10.0. The number of ether oxygens (including phenoxy) is 1. The van der Waals surface area contributed by atoms with Gasteiger partial charge in [-0.1, -0.05) is 0 Å². The molecule has 0 aliphatic rings. The molecule has 1 aromatic heterocycles. The summed E-state index contributed by atoms with van der Waals surface area (Å²) in [5.74, 6) is -2.13. The van der Waals surface area contributed by atoms with Gasteiger partial charge < -0.3 is 4.74 Å². The molecule has 0 radical (unpaired) electrons. The number of rotatable bonds is 5. The molecule has 1 heterocycles. The summed E-state index contributed by atoms with van der Waals surface area (Å²) in [6, 6.07) is 5.99. The number of pyridine rings is 1. The fraction of sp³-hybridized carbons (Fsp3) is 0.188. The van der Waals surface area contributed by atoms with E-state index in [4.69, 9.17) is 0 Å². The van der Waals surface area contributed by atoms with Gasteiger partial charge in [0.15, 0.2) is 0 Å². The van der Waals surface area contributed by atoms with Gasteiger partial charge in [-0.15, -0.1) is 0 Å². The van der Waals surface area contributed by atoms with E-state index in [2.05, 4.69) is 9.72 Å². The van der Waals surface area contributed by atoms with Gasteiger partial charge in [0.05, 0.1) is 7.11 Å². The second kappa shape index (κ2) is 6.89. The Morgan fingerprint density at radius 1 is 1.14 bits per heavy atom. The minimum Gasteiger partial charge on any atom is -0.464 e. The third kappa shape index (κ3) is 3.94. The number of methoxy groups -OCH3 is 1. The largest absolute Gasteiger partial charge is 0.464 e. The number of carbonyl (C=O) groups excluding carboxylic acids is 2. The summed E-state index contributed by atoms with van der Waals surface area (Å²) in [7, 11) is 1.23. The predicted molar refractivity (Wildman–Crippen MR) is 74.3 cm³/mol. The average Bonchev–Trinajstić information content (AvgIpc) is 2.50. The molecule has 4 nitrogen and oxygen atoms in total. The van der Waals surface area contributed by atoms with E-state index in [0.29, 0.717) is 5.56 Å². The first-order chi connectivity index (χ1) is 10.5. The minimum atomic E-state index is -0.625. The maximum atomic E-state index is 13.5. The van der Waals surface area contributed by atoms with Crippen LogP contribution in [0.2, 0.25) is 0 Å². The lowest BCUT2D eigenvalue weighted by Crippen LogP contribution is -2.10. The molecule has 0 saturated carbocycles. The van der Waals surface area contributed by atoms with Gasteiger partial charge in [0.1, 0.15) is 23.1 Å². The maximum Gasteiger partial charge on any atom is 0.356 e. The topological polar surface area (TPSA) is 56.3 Å². The first-order valence-electron chi connectivity index (χ1n) is 6.48. The van der Waals surface area contributed by atoms with Crippen LogP contribution in [0.15, 0.2) is 36.5 Å². The van der Waals surface area contributed by atoms with Crippen LogP contribution in [0, 0.1) is 11.6 Å². The molecule has 0 fully saturated rings. The molecule has 0 unspecified atom stereocenters. The van der Waals surface area contributed by atoms with Crippen molar-refractivity contribution in [2.75, 3.05) is 7.11 Å². The number of hydrogen-bond acceptors (Lipinski definition) is 4. The van der Waals surface area contributed by atoms with Crippen molar-refractivity contribution >= 4 is 11.8 Å². The second-order valence-corrected chi connectivity index (χ2v) is 4.67. The van der Waals surface area contributed by atoms with Gasteiger partial charge in [0.2, 0.25) is 0 Å². The molecule has 0 bridgehead atoms. The highest BCUT2D eigenvalue weighted by molar-refractivity contribution is 5.88. The molecule has 2 rings (SSSR count). The van der Waals surface area contributed by atoms with E-state index in [1.807, 2.05) is 0 Å². The normalized spacial score (nSPS) is 10.3. The summed E-state index contributed by atoms with van der Waals surface area (Å²) in [6.45, 7) is 0. The standard InChI is InChI=1S/C16H13F2NO3/c1-22-16(21)15-7-10(4-5-19-15)6-13(20)9-11-8-12(17)2-3-14(11)18/h2-5,7-8H,6,9H2,1H3. The Hall–Kier alpha value is -2.63. The molecule has 0 atom stereocenters. The average molecular weight is 305 g/mol. The smallest absolute Gasteiger partial charge is 0.356 e. The zero-order valence-electron chi connectivity index (χ0n) is 11.8. The van der Waals surface area contributed by atoms with E-state index in [0.717, 1.165) is 18.2 Å². The first kappa shape index (κ1) is 15.8. The number of halogens is 2. The number of aromatic nitrogens is 1. The van der Waals surface area contributed by atoms with Crippen LogP contribution in [0.25, 0.3) is 0 Å². The van der Waals surface area contributed by atoms with Crippen LogP contribution >= 0.6 is 0 Å². The van der Waals surface area contributed by atoms with Crippen molar-refractivity contribution in [2.45, 2.75) is 12.8 Å². The summed E-state index contributed by atoms with van der Waals surface area (Å²) in [6.07, 6.45) is 1.15. The van der Waals surface area contributed by atoms with Crippen molar-refractivity contribution in [1.29, 1.82) is 0 Å². The highest BCUT2D eigenvalue weighted by atomic mass is 19.1. The molecule has 22 heavy (non-hydrogen) atoms. The summed E-state index contributed by atoms with van der Waals surface area (Å²) >= 11 is 0. The molecule has 1 aromatic carbocycles. The third-order valence-corrected chi connectivity index (χ3v) is 3.02. The van der Waals surface area contributed by atoms with Crippen LogP contribution in [0.1, 0.15) is 21.6 Å². The summed E-state index contributed by atoms with van der Waals surface area (Å²) in [5, 5.41) is 0. The van der Waals surface area contributed by atoms with E-state index >= 15 is 0 Å². The third-order valence-electron chi connectivity index (χ3n) is 3.02. The Balaban J connectivity index is 2.09. The number of benzene rings is 1. The van der Waals surface area contributed by atoms with Gasteiger partial charge in [0, 0.05) is 19.0 Å². The van der Waals surface area contributed by atoms with Crippen LogP contribution in [-0.4, -0.2) is 23.8 Å². The molecule has 2 aromatic rings. The molecule has 6 heteroatoms. The van der Waals surface area contributed by atoms with Gasteiger partial charge >= 0.3 is 5.97 Å². The molecule has 0 amide bonds. The highest BCUT2D eigenvalue weighted by Gasteiger charge is 2.12. The number of carbonyl (C=O) groups is 2. The Labute approximate surface area is 125 Å². The number of esters is 1. The van der Waals surface area contributed by atoms with E-state index in [9.17, 15) is 18.4 Å². The maximum absolute atomic E-state index is 13.5. The Bertz CT molecular complexity index is 716. The molecule has 0 aliphatic carbocycles. The van der Waals surface area contributed by atoms with E-state index < -0.39 is 17.6 Å². The molecule has 0 aliphatic heterocycles. The van der Waals surface area contributed by atoms with E-state index in [-0.39, 0.29) is 29.9 Å². The first-order valence-corrected chi connectivity index (χ1v) is 6.48. The Kier molecular flexibility index (Phi) is 4.93. The second-order valence-electron chi connectivity index (χ2n) is 4.67. The molecule has 114 valence electrons. The van der Waals surface area contributed by atoms with E-state index in [1.54, 1.807) is 6.07 Å². The van der Waals surface area contributed by atoms with Gasteiger partial charge in [-0.05, 0) is 41.5 Å². The fourth-order valence-corrected chi connectivity index (χ4v) is 1.98. The SMILES string of the molecule is COC(=O)c1cc(CC(=O)Cc2cc(F)ccc2F)ccn1. The van der Waals surface area contributed by atoms with Gasteiger partial charge in [-0.2, -0.15) is 0 Å². The van der Waals surface area contributed by atoms with Crippen molar-refractivity contribution in [3.63, 3.8) is 0 Å². The van der Waals surface area contributed by atoms with Gasteiger partial charge in [-0.3, -0.25) is 4.79 Å². The summed E-state index contributed by atoms with van der Waals surface area (Å²) < 4.78 is 31.1. The minimum absolute atomic E-state index is 0.00671. The highest BCUT2D eigenvalue weighted by Crippen LogP contribution is 2.12. The van der Waals surface area contributed by atoms with Crippen LogP contribution in [0.3, 0.4) is 0 Å². The fourth-order valence-electron chi connectivity index (χ4n) is 1.98.